The molecule has 1 aromatic carbocycles. The smallest absolute Gasteiger partial charge is 0.209 e. The Hall–Kier alpha value is -2.04. The molecule has 0 aliphatic carbocycles. The summed E-state index contributed by atoms with van der Waals surface area (Å²) < 4.78 is 0.855. The molecule has 22 heavy (non-hydrogen) atoms. The van der Waals surface area contributed by atoms with Crippen molar-refractivity contribution in [3.05, 3.63) is 53.3 Å². The summed E-state index contributed by atoms with van der Waals surface area (Å²) >= 11 is 5.07. The fourth-order valence-corrected chi connectivity index (χ4v) is 2.75. The second-order valence-corrected chi connectivity index (χ2v) is 6.23. The molecule has 0 radical (unpaired) electrons. The lowest BCUT2D eigenvalue weighted by Gasteiger charge is -2.08. The van der Waals surface area contributed by atoms with E-state index in [1.807, 2.05) is 30.5 Å². The van der Waals surface area contributed by atoms with Crippen LogP contribution in [0.25, 0.3) is 0 Å². The molecule has 2 N–H and O–H groups in total. The topological polar surface area (TPSA) is 73.1 Å². The summed E-state index contributed by atoms with van der Waals surface area (Å²) in [7, 11) is 0. The number of aliphatic imine (C=N–C) groups is 1. The zero-order valence-electron chi connectivity index (χ0n) is 11.7. The first-order valence-electron chi connectivity index (χ1n) is 6.53. The molecule has 2 rings (SSSR count). The van der Waals surface area contributed by atoms with E-state index in [4.69, 9.17) is 5.26 Å². The van der Waals surface area contributed by atoms with Crippen LogP contribution in [0.2, 0.25) is 0 Å². The molecule has 0 spiro atoms. The van der Waals surface area contributed by atoms with Gasteiger partial charge in [0.2, 0.25) is 5.96 Å². The molecule has 0 fully saturated rings. The van der Waals surface area contributed by atoms with Gasteiger partial charge in [0.05, 0.1) is 18.4 Å². The molecule has 0 aliphatic rings. The van der Waals surface area contributed by atoms with Gasteiger partial charge in [0, 0.05) is 21.3 Å². The lowest BCUT2D eigenvalue weighted by Crippen LogP contribution is -2.27. The van der Waals surface area contributed by atoms with Crippen molar-refractivity contribution in [2.45, 2.75) is 4.90 Å². The molecule has 0 aliphatic heterocycles. The van der Waals surface area contributed by atoms with Gasteiger partial charge in [0.15, 0.2) is 6.19 Å². The monoisotopic (exact) mass is 375 g/mol. The normalized spacial score (nSPS) is 10.8. The maximum atomic E-state index is 8.79. The number of nitrogens with one attached hydrogen (secondary N) is 2. The van der Waals surface area contributed by atoms with Gasteiger partial charge < -0.3 is 5.32 Å². The highest BCUT2D eigenvalue weighted by atomic mass is 79.9. The third-order valence-corrected chi connectivity index (χ3v) is 3.94. The number of halogens is 1. The summed E-state index contributed by atoms with van der Waals surface area (Å²) in [6.07, 6.45) is 5.23. The Kier molecular flexibility index (Phi) is 6.74. The van der Waals surface area contributed by atoms with Crippen molar-refractivity contribution in [2.24, 2.45) is 4.99 Å². The average Bonchev–Trinajstić information content (AvgIpc) is 2.53. The average molecular weight is 376 g/mol. The fourth-order valence-electron chi connectivity index (χ4n) is 1.62. The number of rotatable bonds is 5. The molecule has 0 saturated carbocycles. The third kappa shape index (κ3) is 5.76. The van der Waals surface area contributed by atoms with Crippen LogP contribution < -0.4 is 10.6 Å². The number of hydrogen-bond donors (Lipinski definition) is 2. The standard InChI is InChI=1S/C15H14BrN5S/c16-12-8-13(10-18-9-12)21-15(20-11-17)19-6-7-22-14-4-2-1-3-5-14/h1-5,8-10H,6-7H2,(H2,19,20,21). The van der Waals surface area contributed by atoms with E-state index >= 15 is 0 Å². The number of aromatic nitrogens is 1. The van der Waals surface area contributed by atoms with Crippen LogP contribution in [0.4, 0.5) is 5.69 Å². The second-order valence-electron chi connectivity index (χ2n) is 4.15. The molecule has 0 bridgehead atoms. The fraction of sp³-hybridized carbons (Fsp3) is 0.133. The SMILES string of the molecule is N#CN/C(=N/CCSc1ccccc1)Nc1cncc(Br)c1. The predicted molar refractivity (Wildman–Crippen MR) is 93.8 cm³/mol. The number of pyridine rings is 1. The van der Waals surface area contributed by atoms with Crippen LogP contribution in [0.15, 0.2) is 63.2 Å². The Labute approximate surface area is 142 Å². The van der Waals surface area contributed by atoms with E-state index in [0.717, 1.165) is 15.9 Å². The summed E-state index contributed by atoms with van der Waals surface area (Å²) in [5.74, 6) is 1.25. The molecule has 112 valence electrons. The third-order valence-electron chi connectivity index (χ3n) is 2.52. The number of hydrogen-bond acceptors (Lipinski definition) is 4. The number of nitrogens with zero attached hydrogens (tertiary/aromatic N) is 3. The minimum atomic E-state index is 0.413. The number of thioether (sulfide) groups is 1. The van der Waals surface area contributed by atoms with E-state index in [1.54, 1.807) is 24.2 Å². The first-order valence-corrected chi connectivity index (χ1v) is 8.31. The van der Waals surface area contributed by atoms with Crippen molar-refractivity contribution in [1.82, 2.24) is 10.3 Å². The molecule has 0 unspecified atom stereocenters. The number of guanidine groups is 1. The number of anilines is 1. The molecule has 1 heterocycles. The summed E-state index contributed by atoms with van der Waals surface area (Å²) in [6, 6.07) is 12.0. The molecule has 2 aromatic rings. The van der Waals surface area contributed by atoms with Crippen LogP contribution >= 0.6 is 27.7 Å². The molecule has 5 nitrogen and oxygen atoms in total. The van der Waals surface area contributed by atoms with Crippen LogP contribution in [-0.2, 0) is 0 Å². The van der Waals surface area contributed by atoms with Gasteiger partial charge in [-0.1, -0.05) is 18.2 Å². The zero-order chi connectivity index (χ0) is 15.6. The summed E-state index contributed by atoms with van der Waals surface area (Å²) in [6.45, 7) is 0.595. The summed E-state index contributed by atoms with van der Waals surface area (Å²) in [5.41, 5.74) is 0.756. The Morgan fingerprint density at radius 2 is 2.14 bits per heavy atom. The van der Waals surface area contributed by atoms with Gasteiger partial charge in [-0.3, -0.25) is 15.3 Å². The predicted octanol–water partition coefficient (Wildman–Crippen LogP) is 3.47. The summed E-state index contributed by atoms with van der Waals surface area (Å²) in [4.78, 5) is 9.62. The van der Waals surface area contributed by atoms with Crippen LogP contribution in [0.1, 0.15) is 0 Å². The Morgan fingerprint density at radius 1 is 1.32 bits per heavy atom. The van der Waals surface area contributed by atoms with Crippen molar-refractivity contribution in [1.29, 1.82) is 5.26 Å². The molecule has 0 atom stereocenters. The molecule has 7 heteroatoms. The van der Waals surface area contributed by atoms with Gasteiger partial charge in [0.25, 0.3) is 0 Å². The van der Waals surface area contributed by atoms with E-state index in [1.165, 1.54) is 4.90 Å². The van der Waals surface area contributed by atoms with Crippen molar-refractivity contribution in [3.8, 4) is 6.19 Å². The zero-order valence-corrected chi connectivity index (χ0v) is 14.1. The quantitative estimate of drug-likeness (QED) is 0.209. The lowest BCUT2D eigenvalue weighted by molar-refractivity contribution is 1.10. The van der Waals surface area contributed by atoms with Gasteiger partial charge in [-0.05, 0) is 34.1 Å². The van der Waals surface area contributed by atoms with Gasteiger partial charge >= 0.3 is 0 Å². The summed E-state index contributed by atoms with van der Waals surface area (Å²) in [5, 5.41) is 14.4. The van der Waals surface area contributed by atoms with Gasteiger partial charge in [0.1, 0.15) is 0 Å². The lowest BCUT2D eigenvalue weighted by atomic mass is 10.4. The van der Waals surface area contributed by atoms with Gasteiger partial charge in [-0.15, -0.1) is 11.8 Å². The van der Waals surface area contributed by atoms with Crippen LogP contribution in [0, 0.1) is 11.5 Å². The molecular weight excluding hydrogens is 362 g/mol. The van der Waals surface area contributed by atoms with Crippen molar-refractivity contribution >= 4 is 39.3 Å². The first kappa shape index (κ1) is 16.3. The Morgan fingerprint density at radius 3 is 2.86 bits per heavy atom. The van der Waals surface area contributed by atoms with E-state index in [9.17, 15) is 0 Å². The maximum absolute atomic E-state index is 8.79. The van der Waals surface area contributed by atoms with Crippen molar-refractivity contribution in [3.63, 3.8) is 0 Å². The van der Waals surface area contributed by atoms with E-state index in [2.05, 4.69) is 48.7 Å². The second kappa shape index (κ2) is 9.07. The van der Waals surface area contributed by atoms with Crippen LogP contribution in [0.5, 0.6) is 0 Å². The minimum absolute atomic E-state index is 0.413. The van der Waals surface area contributed by atoms with E-state index in [-0.39, 0.29) is 0 Å². The molecule has 0 amide bonds. The largest absolute Gasteiger partial charge is 0.324 e. The molecular formula is C15H14BrN5S. The molecule has 1 aromatic heterocycles. The van der Waals surface area contributed by atoms with E-state index in [0.29, 0.717) is 12.5 Å². The first-order chi connectivity index (χ1) is 10.8. The van der Waals surface area contributed by atoms with Crippen LogP contribution in [0.3, 0.4) is 0 Å². The highest BCUT2D eigenvalue weighted by molar-refractivity contribution is 9.10. The highest BCUT2D eigenvalue weighted by Crippen LogP contribution is 2.16. The number of nitriles is 1. The Balaban J connectivity index is 1.88. The van der Waals surface area contributed by atoms with Crippen molar-refractivity contribution < 1.29 is 0 Å². The van der Waals surface area contributed by atoms with Crippen molar-refractivity contribution in [2.75, 3.05) is 17.6 Å². The Bertz CT molecular complexity index is 669. The van der Waals surface area contributed by atoms with Gasteiger partial charge in [-0.2, -0.15) is 5.26 Å². The van der Waals surface area contributed by atoms with Gasteiger partial charge in [-0.25, -0.2) is 0 Å². The molecule has 0 saturated heterocycles. The van der Waals surface area contributed by atoms with Crippen LogP contribution in [-0.4, -0.2) is 23.2 Å². The highest BCUT2D eigenvalue weighted by Gasteiger charge is 2.00. The maximum Gasteiger partial charge on any atom is 0.209 e. The minimum Gasteiger partial charge on any atom is -0.324 e. The van der Waals surface area contributed by atoms with E-state index < -0.39 is 0 Å². The number of benzene rings is 1.